The Hall–Kier alpha value is 0.806. The summed E-state index contributed by atoms with van der Waals surface area (Å²) in [5.74, 6) is 3.14. The molecule has 0 amide bonds. The SMILES string of the molecule is CC(C)(C)C#[C][Mg][Br]. The fraction of sp³-hybridized carbons (Fsp3) is 0.667. The Morgan fingerprint density at radius 3 is 2.00 bits per heavy atom. The third-order valence-corrected chi connectivity index (χ3v) is 1.68. The molecule has 0 heterocycles. The first kappa shape index (κ1) is 8.81. The van der Waals surface area contributed by atoms with Crippen molar-refractivity contribution in [1.82, 2.24) is 0 Å². The van der Waals surface area contributed by atoms with E-state index in [1.165, 1.54) is 0 Å². The highest BCUT2D eigenvalue weighted by atomic mass is 79.9. The predicted molar refractivity (Wildman–Crippen MR) is 41.9 cm³/mol. The Bertz CT molecular complexity index is 113. The highest BCUT2D eigenvalue weighted by molar-refractivity contribution is 9.23. The van der Waals surface area contributed by atoms with Gasteiger partial charge in [-0.3, -0.25) is 16.9 Å². The lowest BCUT2D eigenvalue weighted by Crippen LogP contribution is -1.99. The molecule has 0 aliphatic heterocycles. The van der Waals surface area contributed by atoms with Crippen LogP contribution >= 0.6 is 12.9 Å². The van der Waals surface area contributed by atoms with Gasteiger partial charge in [0, 0.05) is 5.41 Å². The third-order valence-electron chi connectivity index (χ3n) is 0.530. The van der Waals surface area contributed by atoms with Crippen molar-refractivity contribution in [2.24, 2.45) is 5.41 Å². The zero-order valence-electron chi connectivity index (χ0n) is 5.59. The summed E-state index contributed by atoms with van der Waals surface area (Å²) >= 11 is 3.15. The van der Waals surface area contributed by atoms with Crippen molar-refractivity contribution >= 4 is 31.1 Å². The lowest BCUT2D eigenvalue weighted by molar-refractivity contribution is 0.571. The van der Waals surface area contributed by atoms with E-state index < -0.39 is 0 Å². The van der Waals surface area contributed by atoms with Crippen LogP contribution < -0.4 is 0 Å². The van der Waals surface area contributed by atoms with Crippen molar-refractivity contribution in [2.45, 2.75) is 20.8 Å². The van der Waals surface area contributed by atoms with Crippen molar-refractivity contribution in [2.75, 3.05) is 0 Å². The molecular weight excluding hydrogens is 176 g/mol. The Morgan fingerprint density at radius 1 is 1.38 bits per heavy atom. The van der Waals surface area contributed by atoms with Crippen LogP contribution in [0, 0.1) is 15.4 Å². The molecule has 0 aromatic carbocycles. The largest absolute Gasteiger partial charge is 0.569 e. The molecule has 0 rings (SSSR count). The smallest absolute Gasteiger partial charge is 0.277 e. The molecule has 0 bridgehead atoms. The standard InChI is InChI=1S/C6H9.BrH.Mg/c1-5-6(2,3)4;;/h2-4H3;1H;/q;;+1/p-1. The van der Waals surface area contributed by atoms with Crippen LogP contribution in [0.25, 0.3) is 0 Å². The summed E-state index contributed by atoms with van der Waals surface area (Å²) in [7, 11) is 0. The molecule has 0 spiro atoms. The van der Waals surface area contributed by atoms with E-state index in [4.69, 9.17) is 0 Å². The van der Waals surface area contributed by atoms with E-state index in [9.17, 15) is 0 Å². The zero-order valence-corrected chi connectivity index (χ0v) is 8.59. The quantitative estimate of drug-likeness (QED) is 0.400. The van der Waals surface area contributed by atoms with E-state index in [1.807, 2.05) is 0 Å². The van der Waals surface area contributed by atoms with Crippen molar-refractivity contribution in [3.05, 3.63) is 0 Å². The van der Waals surface area contributed by atoms with Crippen LogP contribution in [-0.4, -0.2) is 18.2 Å². The molecular formula is C6H9BrMg. The maximum Gasteiger partial charge on any atom is 0.569 e. The van der Waals surface area contributed by atoms with E-state index in [2.05, 4.69) is 43.6 Å². The summed E-state index contributed by atoms with van der Waals surface area (Å²) in [5.41, 5.74) is 0.195. The molecule has 0 atom stereocenters. The molecule has 0 fully saturated rings. The molecule has 0 aliphatic carbocycles. The number of hydrogen-bond acceptors (Lipinski definition) is 0. The summed E-state index contributed by atoms with van der Waals surface area (Å²) in [4.78, 5) is 0. The normalized spacial score (nSPS) is 9.00. The predicted octanol–water partition coefficient (Wildman–Crippen LogP) is 2.01. The fourth-order valence-electron chi connectivity index (χ4n) is 0.299. The molecule has 0 N–H and O–H groups in total. The summed E-state index contributed by atoms with van der Waals surface area (Å²) < 4.78 is 3.09. The number of halogens is 1. The van der Waals surface area contributed by atoms with Gasteiger partial charge in [-0.1, -0.05) is 0 Å². The maximum atomic E-state index is 3.37. The Morgan fingerprint density at radius 2 is 1.88 bits per heavy atom. The highest BCUT2D eigenvalue weighted by Crippen LogP contribution is 2.09. The monoisotopic (exact) mass is 184 g/mol. The van der Waals surface area contributed by atoms with E-state index in [1.54, 1.807) is 0 Å². The third kappa shape index (κ3) is 6.81. The molecule has 0 nitrogen and oxygen atoms in total. The van der Waals surface area contributed by atoms with Gasteiger partial charge in [0.05, 0.1) is 0 Å². The van der Waals surface area contributed by atoms with E-state index in [0.717, 1.165) is 0 Å². The minimum Gasteiger partial charge on any atom is -0.277 e. The summed E-state index contributed by atoms with van der Waals surface area (Å²) in [6.07, 6.45) is 0. The van der Waals surface area contributed by atoms with Gasteiger partial charge < -0.3 is 0 Å². The summed E-state index contributed by atoms with van der Waals surface area (Å²) in [6, 6.07) is 0. The number of rotatable bonds is 0. The van der Waals surface area contributed by atoms with Gasteiger partial charge in [-0.15, -0.1) is 5.92 Å². The molecule has 8 heavy (non-hydrogen) atoms. The van der Waals surface area contributed by atoms with Gasteiger partial charge >= 0.3 is 18.2 Å². The molecule has 0 unspecified atom stereocenters. The molecule has 0 saturated heterocycles. The second kappa shape index (κ2) is 3.76. The lowest BCUT2D eigenvalue weighted by Gasteiger charge is -2.06. The highest BCUT2D eigenvalue weighted by Gasteiger charge is 2.01. The van der Waals surface area contributed by atoms with Crippen LogP contribution in [0.15, 0.2) is 0 Å². The Kier molecular flexibility index (Phi) is 4.14. The average molecular weight is 185 g/mol. The van der Waals surface area contributed by atoms with Crippen molar-refractivity contribution in [3.63, 3.8) is 0 Å². The maximum absolute atomic E-state index is 3.37. The van der Waals surface area contributed by atoms with Crippen LogP contribution in [-0.2, 0) is 0 Å². The minimum atomic E-state index is -0.214. The van der Waals surface area contributed by atoms with Crippen molar-refractivity contribution < 1.29 is 0 Å². The van der Waals surface area contributed by atoms with E-state index >= 15 is 0 Å². The van der Waals surface area contributed by atoms with Gasteiger partial charge in [0.15, 0.2) is 0 Å². The molecule has 0 radical (unpaired) electrons. The zero-order chi connectivity index (χ0) is 6.62. The van der Waals surface area contributed by atoms with Gasteiger partial charge in [0.25, 0.3) is 0 Å². The van der Waals surface area contributed by atoms with E-state index in [-0.39, 0.29) is 23.6 Å². The molecule has 2 heteroatoms. The van der Waals surface area contributed by atoms with Crippen LogP contribution in [0.3, 0.4) is 0 Å². The van der Waals surface area contributed by atoms with Crippen LogP contribution in [0.2, 0.25) is 0 Å². The Labute approximate surface area is 67.0 Å². The average Bonchev–Trinajstić information content (AvgIpc) is 1.59. The van der Waals surface area contributed by atoms with Crippen molar-refractivity contribution in [3.8, 4) is 9.97 Å². The van der Waals surface area contributed by atoms with Crippen molar-refractivity contribution in [1.29, 1.82) is 0 Å². The first-order valence-corrected chi connectivity index (χ1v) is 7.23. The van der Waals surface area contributed by atoms with Gasteiger partial charge in [0.1, 0.15) is 0 Å². The second-order valence-electron chi connectivity index (χ2n) is 2.69. The number of hydrogen-bond donors (Lipinski definition) is 0. The van der Waals surface area contributed by atoms with Crippen LogP contribution in [0.1, 0.15) is 20.8 Å². The van der Waals surface area contributed by atoms with Gasteiger partial charge in [-0.2, -0.15) is 0 Å². The molecule has 0 aliphatic rings. The van der Waals surface area contributed by atoms with Crippen LogP contribution in [0.4, 0.5) is 0 Å². The van der Waals surface area contributed by atoms with Gasteiger partial charge in [0.2, 0.25) is 0 Å². The topological polar surface area (TPSA) is 0 Å². The van der Waals surface area contributed by atoms with Gasteiger partial charge in [-0.25, -0.2) is 0 Å². The summed E-state index contributed by atoms with van der Waals surface area (Å²) in [5, 5.41) is 0. The Balaban J connectivity index is 3.69. The molecule has 0 saturated carbocycles. The summed E-state index contributed by atoms with van der Waals surface area (Å²) in [6.45, 7) is 6.37. The minimum absolute atomic E-state index is 0.195. The van der Waals surface area contributed by atoms with Gasteiger partial charge in [-0.05, 0) is 20.8 Å². The molecule has 42 valence electrons. The molecule has 0 aromatic heterocycles. The first-order valence-electron chi connectivity index (χ1n) is 2.62. The first-order chi connectivity index (χ1) is 3.56. The second-order valence-corrected chi connectivity index (χ2v) is 4.99. The fourth-order valence-corrected chi connectivity index (χ4v) is 1.32. The molecule has 0 aromatic rings. The van der Waals surface area contributed by atoms with Crippen LogP contribution in [0.5, 0.6) is 0 Å². The lowest BCUT2D eigenvalue weighted by atomic mass is 9.99. The van der Waals surface area contributed by atoms with E-state index in [0.29, 0.717) is 0 Å².